The lowest BCUT2D eigenvalue weighted by Crippen LogP contribution is -1.80. The fourth-order valence-electron chi connectivity index (χ4n) is 0.914. The molecule has 0 aliphatic rings. The van der Waals surface area contributed by atoms with E-state index in [-0.39, 0.29) is 17.1 Å². The molecule has 15 heavy (non-hydrogen) atoms. The van der Waals surface area contributed by atoms with Crippen molar-refractivity contribution in [1.29, 1.82) is 5.26 Å². The first kappa shape index (κ1) is 10.4. The summed E-state index contributed by atoms with van der Waals surface area (Å²) in [7, 11) is 0. The molecule has 6 heteroatoms. The van der Waals surface area contributed by atoms with Gasteiger partial charge in [0.1, 0.15) is 5.75 Å². The van der Waals surface area contributed by atoms with Crippen molar-refractivity contribution in [2.24, 2.45) is 9.98 Å². The van der Waals surface area contributed by atoms with Gasteiger partial charge in [0.2, 0.25) is 12.2 Å². The van der Waals surface area contributed by atoms with Crippen molar-refractivity contribution < 1.29 is 14.3 Å². The van der Waals surface area contributed by atoms with Crippen LogP contribution in [0.5, 0.6) is 5.75 Å². The first-order valence-corrected chi connectivity index (χ1v) is 3.67. The molecule has 1 aromatic carbocycles. The second-order valence-electron chi connectivity index (χ2n) is 2.28. The first-order valence-electron chi connectivity index (χ1n) is 3.67. The molecule has 0 saturated heterocycles. The Morgan fingerprint density at radius 1 is 1.07 bits per heavy atom. The Labute approximate surface area is 84.1 Å². The Morgan fingerprint density at radius 2 is 1.60 bits per heavy atom. The van der Waals surface area contributed by atoms with Crippen LogP contribution in [-0.4, -0.2) is 12.2 Å². The van der Waals surface area contributed by atoms with E-state index in [1.165, 1.54) is 36.6 Å². The maximum absolute atomic E-state index is 10.0. The Kier molecular flexibility index (Phi) is 3.52. The number of aliphatic imine (C=N–C) groups is 2. The van der Waals surface area contributed by atoms with Gasteiger partial charge in [-0.25, -0.2) is 9.59 Å². The molecule has 0 amide bonds. The van der Waals surface area contributed by atoms with Crippen molar-refractivity contribution in [2.75, 3.05) is 0 Å². The number of isocyanates is 2. The van der Waals surface area contributed by atoms with E-state index < -0.39 is 0 Å². The van der Waals surface area contributed by atoms with Gasteiger partial charge in [-0.15, -0.1) is 5.26 Å². The zero-order chi connectivity index (χ0) is 11.1. The largest absolute Gasteiger partial charge is 0.388 e. The summed E-state index contributed by atoms with van der Waals surface area (Å²) in [6, 6.07) is 4.01. The number of rotatable bonds is 3. The highest BCUT2D eigenvalue weighted by Crippen LogP contribution is 2.27. The summed E-state index contributed by atoms with van der Waals surface area (Å²) in [5, 5.41) is 8.27. The number of hydrogen-bond acceptors (Lipinski definition) is 6. The fraction of sp³-hybridized carbons (Fsp3) is 0. The van der Waals surface area contributed by atoms with Gasteiger partial charge in [-0.3, -0.25) is 0 Å². The Bertz CT molecular complexity index is 470. The van der Waals surface area contributed by atoms with E-state index in [9.17, 15) is 9.59 Å². The summed E-state index contributed by atoms with van der Waals surface area (Å²) in [5.74, 6) is 0.128. The third kappa shape index (κ3) is 2.90. The van der Waals surface area contributed by atoms with Crippen LogP contribution in [0.2, 0.25) is 0 Å². The lowest BCUT2D eigenvalue weighted by atomic mass is 10.2. The summed E-state index contributed by atoms with van der Waals surface area (Å²) in [6.07, 6.45) is 4.08. The van der Waals surface area contributed by atoms with Crippen LogP contribution in [0.3, 0.4) is 0 Å². The minimum Gasteiger partial charge on any atom is -0.388 e. The van der Waals surface area contributed by atoms with Crippen molar-refractivity contribution >= 4 is 23.5 Å². The van der Waals surface area contributed by atoms with E-state index in [0.717, 1.165) is 0 Å². The van der Waals surface area contributed by atoms with Gasteiger partial charge >= 0.3 is 0 Å². The van der Waals surface area contributed by atoms with Crippen LogP contribution in [0.15, 0.2) is 28.2 Å². The molecule has 0 unspecified atom stereocenters. The van der Waals surface area contributed by atoms with Crippen molar-refractivity contribution in [3.05, 3.63) is 18.2 Å². The number of ether oxygens (including phenoxy) is 1. The lowest BCUT2D eigenvalue weighted by molar-refractivity contribution is 0.507. The number of hydrogen-bond donors (Lipinski definition) is 0. The van der Waals surface area contributed by atoms with Crippen LogP contribution < -0.4 is 4.74 Å². The Hall–Kier alpha value is -2.73. The van der Waals surface area contributed by atoms with Crippen molar-refractivity contribution in [3.63, 3.8) is 0 Å². The molecule has 0 aliphatic carbocycles. The molecule has 0 fully saturated rings. The van der Waals surface area contributed by atoms with Crippen molar-refractivity contribution in [1.82, 2.24) is 0 Å². The Balaban J connectivity index is 3.25. The molecule has 0 bridgehead atoms. The summed E-state index contributed by atoms with van der Waals surface area (Å²) in [6.45, 7) is 0. The van der Waals surface area contributed by atoms with Crippen LogP contribution in [0, 0.1) is 11.5 Å². The van der Waals surface area contributed by atoms with Gasteiger partial charge < -0.3 is 4.74 Å². The van der Waals surface area contributed by atoms with Gasteiger partial charge in [-0.2, -0.15) is 9.98 Å². The summed E-state index contributed by atoms with van der Waals surface area (Å²) in [5.41, 5.74) is 0.374. The van der Waals surface area contributed by atoms with Crippen LogP contribution in [-0.2, 0) is 9.59 Å². The minimum atomic E-state index is 0.128. The maximum atomic E-state index is 10.0. The van der Waals surface area contributed by atoms with E-state index in [4.69, 9.17) is 5.26 Å². The fourth-order valence-corrected chi connectivity index (χ4v) is 0.914. The van der Waals surface area contributed by atoms with E-state index in [0.29, 0.717) is 0 Å². The second-order valence-corrected chi connectivity index (χ2v) is 2.28. The van der Waals surface area contributed by atoms with E-state index in [2.05, 4.69) is 14.7 Å². The van der Waals surface area contributed by atoms with Crippen LogP contribution in [0.25, 0.3) is 0 Å². The summed E-state index contributed by atoms with van der Waals surface area (Å²) in [4.78, 5) is 26.6. The molecule has 0 atom stereocenters. The smallest absolute Gasteiger partial charge is 0.292 e. The second kappa shape index (κ2) is 5.10. The zero-order valence-corrected chi connectivity index (χ0v) is 7.30. The molecule has 0 radical (unpaired) electrons. The number of carbonyl (C=O) groups excluding carboxylic acids is 2. The number of benzene rings is 1. The van der Waals surface area contributed by atoms with Gasteiger partial charge in [-0.1, -0.05) is 0 Å². The molecule has 0 N–H and O–H groups in total. The highest BCUT2D eigenvalue weighted by atomic mass is 16.5. The van der Waals surface area contributed by atoms with Crippen molar-refractivity contribution in [3.8, 4) is 12.0 Å². The summed E-state index contributed by atoms with van der Waals surface area (Å²) >= 11 is 0. The lowest BCUT2D eigenvalue weighted by Gasteiger charge is -1.98. The van der Waals surface area contributed by atoms with Crippen LogP contribution in [0.1, 0.15) is 0 Å². The molecule has 0 aliphatic heterocycles. The quantitative estimate of drug-likeness (QED) is 0.420. The molecule has 0 spiro atoms. The van der Waals surface area contributed by atoms with Gasteiger partial charge in [0, 0.05) is 12.1 Å². The highest BCUT2D eigenvalue weighted by Gasteiger charge is 2.00. The molecular formula is C9H3N3O3. The molecule has 1 aromatic rings. The monoisotopic (exact) mass is 201 g/mol. The van der Waals surface area contributed by atoms with Gasteiger partial charge in [0.05, 0.1) is 11.4 Å². The predicted octanol–water partition coefficient (Wildman–Crippen LogP) is 1.48. The topological polar surface area (TPSA) is 91.9 Å². The SMILES string of the molecule is N#COc1cc(N=C=O)cc(N=C=O)c1. The average molecular weight is 201 g/mol. The maximum Gasteiger partial charge on any atom is 0.292 e. The first-order chi connectivity index (χ1) is 7.30. The van der Waals surface area contributed by atoms with Crippen molar-refractivity contribution in [2.45, 2.75) is 0 Å². The number of nitriles is 1. The van der Waals surface area contributed by atoms with E-state index >= 15 is 0 Å². The molecule has 0 heterocycles. The molecule has 72 valence electrons. The highest BCUT2D eigenvalue weighted by molar-refractivity contribution is 5.61. The number of nitrogens with zero attached hydrogens (tertiary/aromatic N) is 3. The molecule has 6 nitrogen and oxygen atoms in total. The minimum absolute atomic E-state index is 0.128. The third-order valence-electron chi connectivity index (χ3n) is 1.39. The standard InChI is InChI=1S/C9H3N3O3/c10-4-15-9-2-7(11-5-13)1-8(3-9)12-6-14/h1-3H. The summed E-state index contributed by atoms with van der Waals surface area (Å²) < 4.78 is 4.51. The van der Waals surface area contributed by atoms with Crippen LogP contribution in [0.4, 0.5) is 11.4 Å². The normalized spacial score (nSPS) is 7.93. The van der Waals surface area contributed by atoms with E-state index in [1.54, 1.807) is 0 Å². The zero-order valence-electron chi connectivity index (χ0n) is 7.30. The van der Waals surface area contributed by atoms with Gasteiger partial charge in [-0.05, 0) is 6.07 Å². The third-order valence-corrected chi connectivity index (χ3v) is 1.39. The predicted molar refractivity (Wildman–Crippen MR) is 48.2 cm³/mol. The molecule has 1 rings (SSSR count). The molecule has 0 aromatic heterocycles. The Morgan fingerprint density at radius 3 is 2.00 bits per heavy atom. The molecular weight excluding hydrogens is 198 g/mol. The van der Waals surface area contributed by atoms with Gasteiger partial charge in [0.25, 0.3) is 6.26 Å². The van der Waals surface area contributed by atoms with Gasteiger partial charge in [0.15, 0.2) is 0 Å². The van der Waals surface area contributed by atoms with Crippen LogP contribution >= 0.6 is 0 Å². The average Bonchev–Trinajstić information content (AvgIpc) is 2.19. The van der Waals surface area contributed by atoms with E-state index in [1.807, 2.05) is 0 Å². The molecule has 0 saturated carbocycles.